The van der Waals surface area contributed by atoms with Crippen LogP contribution < -0.4 is 10.1 Å². The number of rotatable bonds is 16. The zero-order valence-electron chi connectivity index (χ0n) is 26.9. The van der Waals surface area contributed by atoms with E-state index in [9.17, 15) is 4.79 Å². The van der Waals surface area contributed by atoms with Crippen molar-refractivity contribution in [3.8, 4) is 5.75 Å². The number of aliphatic hydroxyl groups is 1. The Balaban J connectivity index is 0.00000226. The largest absolute Gasteiger partial charge is 0.493 e. The molecule has 0 radical (unpaired) electrons. The molecule has 1 amide bonds. The van der Waals surface area contributed by atoms with Crippen LogP contribution in [0.25, 0.3) is 10.9 Å². The molecule has 0 bridgehead atoms. The summed E-state index contributed by atoms with van der Waals surface area (Å²) in [6.07, 6.45) is 12.0. The van der Waals surface area contributed by atoms with Crippen molar-refractivity contribution in [3.63, 3.8) is 0 Å². The Morgan fingerprint density at radius 1 is 0.844 bits per heavy atom. The predicted octanol–water partition coefficient (Wildman–Crippen LogP) is 7.24. The number of hydrogen-bond acceptors (Lipinski definition) is 5. The first kappa shape index (κ1) is 34.1. The van der Waals surface area contributed by atoms with E-state index in [1.807, 2.05) is 30.5 Å². The minimum absolute atomic E-state index is 0.237. The second-order valence-electron chi connectivity index (χ2n) is 12.0. The number of aromatic nitrogens is 1. The van der Waals surface area contributed by atoms with Gasteiger partial charge in [-0.1, -0.05) is 66.7 Å². The maximum Gasteiger partial charge on any atom is 0.220 e. The summed E-state index contributed by atoms with van der Waals surface area (Å²) in [4.78, 5) is 20.1. The predicted molar refractivity (Wildman–Crippen MR) is 184 cm³/mol. The van der Waals surface area contributed by atoms with Crippen LogP contribution in [-0.4, -0.2) is 60.3 Å². The Morgan fingerprint density at radius 2 is 1.49 bits per heavy atom. The van der Waals surface area contributed by atoms with Gasteiger partial charge in [0.15, 0.2) is 0 Å². The first-order valence-corrected chi connectivity index (χ1v) is 16.7. The highest BCUT2D eigenvalue weighted by molar-refractivity contribution is 5.84. The molecule has 1 fully saturated rings. The van der Waals surface area contributed by atoms with Crippen molar-refractivity contribution in [1.29, 1.82) is 0 Å². The third-order valence-corrected chi connectivity index (χ3v) is 8.75. The summed E-state index contributed by atoms with van der Waals surface area (Å²) < 4.78 is 6.11. The zero-order valence-corrected chi connectivity index (χ0v) is 26.9. The molecule has 2 N–H and O–H groups in total. The average molecular weight is 610 g/mol. The highest BCUT2D eigenvalue weighted by atomic mass is 16.5. The monoisotopic (exact) mass is 609 g/mol. The molecule has 0 saturated carbocycles. The molecule has 3 aromatic carbocycles. The molecule has 0 unspecified atom stereocenters. The second-order valence-corrected chi connectivity index (χ2v) is 12.0. The average Bonchev–Trinajstić information content (AvgIpc) is 3.09. The van der Waals surface area contributed by atoms with Crippen molar-refractivity contribution in [2.45, 2.75) is 70.3 Å². The quantitative estimate of drug-likeness (QED) is 0.131. The fourth-order valence-electron chi connectivity index (χ4n) is 6.32. The van der Waals surface area contributed by atoms with Crippen molar-refractivity contribution in [2.75, 3.05) is 33.4 Å². The van der Waals surface area contributed by atoms with Gasteiger partial charge < -0.3 is 20.1 Å². The maximum atomic E-state index is 13.2. The van der Waals surface area contributed by atoms with Crippen LogP contribution in [0.3, 0.4) is 0 Å². The molecular weight excluding hydrogens is 558 g/mol. The fraction of sp³-hybridized carbons (Fsp3) is 0.436. The standard InChI is InChI=1S/C38H47N3O2.CH4O/c42-38(40-34(18-7-16-31-12-3-1-4-13-31)19-8-17-32-14-5-2-6-15-32)30-33-23-27-41(28-24-33)26-11-29-43-37-22-9-21-36-35(37)20-10-25-39-36;1-2/h1-6,9-10,12-15,20-22,25,33-34H,7-8,11,16-19,23-24,26-30H2,(H,40,42);2H,1H3. The van der Waals surface area contributed by atoms with Crippen LogP contribution in [0.4, 0.5) is 0 Å². The minimum atomic E-state index is 0.237. The van der Waals surface area contributed by atoms with Crippen LogP contribution in [0.1, 0.15) is 62.5 Å². The van der Waals surface area contributed by atoms with E-state index < -0.39 is 0 Å². The molecule has 45 heavy (non-hydrogen) atoms. The maximum absolute atomic E-state index is 13.2. The van der Waals surface area contributed by atoms with Gasteiger partial charge >= 0.3 is 0 Å². The van der Waals surface area contributed by atoms with E-state index in [1.54, 1.807) is 0 Å². The van der Waals surface area contributed by atoms with Crippen molar-refractivity contribution >= 4 is 16.8 Å². The molecule has 1 saturated heterocycles. The molecule has 0 atom stereocenters. The van der Waals surface area contributed by atoms with Crippen molar-refractivity contribution < 1.29 is 14.6 Å². The number of carbonyl (C=O) groups excluding carboxylic acids is 1. The lowest BCUT2D eigenvalue weighted by atomic mass is 9.92. The Labute approximate surface area is 269 Å². The van der Waals surface area contributed by atoms with E-state index in [0.29, 0.717) is 18.9 Å². The van der Waals surface area contributed by atoms with Gasteiger partial charge in [0.25, 0.3) is 0 Å². The van der Waals surface area contributed by atoms with E-state index in [-0.39, 0.29) is 11.9 Å². The molecule has 6 nitrogen and oxygen atoms in total. The molecule has 240 valence electrons. The minimum Gasteiger partial charge on any atom is -0.493 e. The van der Waals surface area contributed by atoms with Crippen molar-refractivity contribution in [1.82, 2.24) is 15.2 Å². The number of nitrogens with zero attached hydrogens (tertiary/aromatic N) is 2. The van der Waals surface area contributed by atoms with Crippen LogP contribution >= 0.6 is 0 Å². The lowest BCUT2D eigenvalue weighted by molar-refractivity contribution is -0.123. The lowest BCUT2D eigenvalue weighted by Gasteiger charge is -2.32. The van der Waals surface area contributed by atoms with Crippen LogP contribution in [0.15, 0.2) is 97.2 Å². The van der Waals surface area contributed by atoms with E-state index in [0.717, 1.165) is 101 Å². The van der Waals surface area contributed by atoms with Gasteiger partial charge in [0.05, 0.1) is 12.1 Å². The molecule has 1 aliphatic rings. The molecule has 0 spiro atoms. The molecule has 4 aromatic rings. The van der Waals surface area contributed by atoms with Crippen LogP contribution in [0.5, 0.6) is 5.75 Å². The Hall–Kier alpha value is -3.74. The molecule has 0 aliphatic carbocycles. The third-order valence-electron chi connectivity index (χ3n) is 8.75. The first-order chi connectivity index (χ1) is 22.2. The summed E-state index contributed by atoms with van der Waals surface area (Å²) in [5, 5.41) is 11.5. The van der Waals surface area contributed by atoms with Gasteiger partial charge in [-0.25, -0.2) is 0 Å². The van der Waals surface area contributed by atoms with Crippen molar-refractivity contribution in [2.24, 2.45) is 5.92 Å². The summed E-state index contributed by atoms with van der Waals surface area (Å²) in [7, 11) is 1.00. The summed E-state index contributed by atoms with van der Waals surface area (Å²) in [5.41, 5.74) is 3.72. The van der Waals surface area contributed by atoms with Crippen LogP contribution in [0, 0.1) is 5.92 Å². The second kappa shape index (κ2) is 19.6. The van der Waals surface area contributed by atoms with Gasteiger partial charge in [0.1, 0.15) is 5.75 Å². The number of amides is 1. The van der Waals surface area contributed by atoms with Gasteiger partial charge in [0, 0.05) is 37.7 Å². The van der Waals surface area contributed by atoms with Gasteiger partial charge in [0.2, 0.25) is 5.91 Å². The molecule has 5 rings (SSSR count). The zero-order chi connectivity index (χ0) is 31.5. The number of ether oxygens (including phenoxy) is 1. The Bertz CT molecular complexity index is 1320. The number of benzene rings is 3. The summed E-state index contributed by atoms with van der Waals surface area (Å²) in [6, 6.07) is 31.7. The van der Waals surface area contributed by atoms with E-state index in [2.05, 4.69) is 81.9 Å². The van der Waals surface area contributed by atoms with E-state index in [4.69, 9.17) is 9.84 Å². The van der Waals surface area contributed by atoms with Crippen LogP contribution in [0.2, 0.25) is 0 Å². The first-order valence-electron chi connectivity index (χ1n) is 16.7. The number of carbonyl (C=O) groups is 1. The Morgan fingerprint density at radius 3 is 2.13 bits per heavy atom. The summed E-state index contributed by atoms with van der Waals surface area (Å²) >= 11 is 0. The van der Waals surface area contributed by atoms with E-state index in [1.165, 1.54) is 11.1 Å². The molecule has 1 aromatic heterocycles. The number of pyridine rings is 1. The SMILES string of the molecule is CO.O=C(CC1CCN(CCCOc2cccc3ncccc23)CC1)NC(CCCc1ccccc1)CCCc1ccccc1. The van der Waals surface area contributed by atoms with Gasteiger partial charge in [-0.2, -0.15) is 0 Å². The van der Waals surface area contributed by atoms with Gasteiger partial charge in [-0.15, -0.1) is 0 Å². The molecule has 6 heteroatoms. The number of hydrogen-bond donors (Lipinski definition) is 2. The number of likely N-dealkylation sites (tertiary alicyclic amines) is 1. The third kappa shape index (κ3) is 11.9. The van der Waals surface area contributed by atoms with E-state index >= 15 is 0 Å². The number of nitrogens with one attached hydrogen (secondary N) is 1. The number of aryl methyl sites for hydroxylation is 2. The normalized spacial score (nSPS) is 13.8. The fourth-order valence-corrected chi connectivity index (χ4v) is 6.32. The van der Waals surface area contributed by atoms with Crippen LogP contribution in [-0.2, 0) is 17.6 Å². The van der Waals surface area contributed by atoms with Crippen molar-refractivity contribution in [3.05, 3.63) is 108 Å². The van der Waals surface area contributed by atoms with Gasteiger partial charge in [-0.3, -0.25) is 9.78 Å². The number of piperidine rings is 1. The molecule has 2 heterocycles. The molecular formula is C39H51N3O3. The smallest absolute Gasteiger partial charge is 0.220 e. The number of fused-ring (bicyclic) bond motifs is 1. The summed E-state index contributed by atoms with van der Waals surface area (Å²) in [5.74, 6) is 1.62. The number of aliphatic hydroxyl groups excluding tert-OH is 1. The van der Waals surface area contributed by atoms with Gasteiger partial charge in [-0.05, 0) is 112 Å². The summed E-state index contributed by atoms with van der Waals surface area (Å²) in [6.45, 7) is 3.86. The highest BCUT2D eigenvalue weighted by Gasteiger charge is 2.22. The lowest BCUT2D eigenvalue weighted by Crippen LogP contribution is -2.39. The molecule has 1 aliphatic heterocycles. The topological polar surface area (TPSA) is 74.7 Å². The Kier molecular flexibility index (Phi) is 14.9. The highest BCUT2D eigenvalue weighted by Crippen LogP contribution is 2.24.